The van der Waals surface area contributed by atoms with E-state index in [9.17, 15) is 4.79 Å². The van der Waals surface area contributed by atoms with Gasteiger partial charge in [-0.05, 0) is 49.5 Å². The van der Waals surface area contributed by atoms with E-state index in [1.54, 1.807) is 6.07 Å². The quantitative estimate of drug-likeness (QED) is 0.849. The van der Waals surface area contributed by atoms with Crippen molar-refractivity contribution in [2.45, 2.75) is 25.8 Å². The van der Waals surface area contributed by atoms with Gasteiger partial charge in [0.2, 0.25) is 0 Å². The molecule has 1 fully saturated rings. The van der Waals surface area contributed by atoms with Crippen LogP contribution in [0.3, 0.4) is 0 Å². The van der Waals surface area contributed by atoms with Gasteiger partial charge in [0, 0.05) is 11.7 Å². The van der Waals surface area contributed by atoms with Crippen LogP contribution < -0.4 is 5.32 Å². The van der Waals surface area contributed by atoms with Crippen LogP contribution in [0.4, 0.5) is 5.69 Å². The van der Waals surface area contributed by atoms with Crippen LogP contribution in [0.15, 0.2) is 24.3 Å². The summed E-state index contributed by atoms with van der Waals surface area (Å²) in [4.78, 5) is 11.6. The molecule has 0 spiro atoms. The topological polar surface area (TPSA) is 38.3 Å². The van der Waals surface area contributed by atoms with Gasteiger partial charge in [0.25, 0.3) is 0 Å². The Balaban J connectivity index is 2.00. The lowest BCUT2D eigenvalue weighted by atomic mass is 10.1. The molecule has 4 heteroatoms. The standard InChI is InChI=1S/C14H19NO2S/c1-2-17-14(16)11-4-3-5-13(10-11)15-12-6-8-18-9-7-12/h3-5,10,12,15H,2,6-9H2,1H3. The molecule has 0 radical (unpaired) electrons. The molecule has 0 atom stereocenters. The molecule has 1 aromatic carbocycles. The van der Waals surface area contributed by atoms with Gasteiger partial charge in [-0.3, -0.25) is 0 Å². The van der Waals surface area contributed by atoms with Gasteiger partial charge in [-0.2, -0.15) is 11.8 Å². The second-order valence-corrected chi connectivity index (χ2v) is 5.56. The Hall–Kier alpha value is -1.16. The van der Waals surface area contributed by atoms with Crippen LogP contribution in [0.5, 0.6) is 0 Å². The zero-order valence-electron chi connectivity index (χ0n) is 10.6. The summed E-state index contributed by atoms with van der Waals surface area (Å²) >= 11 is 2.01. The maximum absolute atomic E-state index is 11.6. The molecule has 18 heavy (non-hydrogen) atoms. The molecule has 0 bridgehead atoms. The fourth-order valence-electron chi connectivity index (χ4n) is 2.03. The van der Waals surface area contributed by atoms with Gasteiger partial charge in [-0.15, -0.1) is 0 Å². The fourth-order valence-corrected chi connectivity index (χ4v) is 3.13. The van der Waals surface area contributed by atoms with E-state index in [1.807, 2.05) is 36.9 Å². The summed E-state index contributed by atoms with van der Waals surface area (Å²) in [6.07, 6.45) is 2.38. The first-order valence-electron chi connectivity index (χ1n) is 6.41. The molecule has 0 aliphatic carbocycles. The Morgan fingerprint density at radius 2 is 2.22 bits per heavy atom. The number of hydrogen-bond acceptors (Lipinski definition) is 4. The minimum atomic E-state index is -0.250. The van der Waals surface area contributed by atoms with Crippen LogP contribution in [-0.4, -0.2) is 30.1 Å². The van der Waals surface area contributed by atoms with Crippen molar-refractivity contribution in [2.75, 3.05) is 23.4 Å². The van der Waals surface area contributed by atoms with E-state index >= 15 is 0 Å². The van der Waals surface area contributed by atoms with Gasteiger partial charge in [-0.1, -0.05) is 6.07 Å². The lowest BCUT2D eigenvalue weighted by Crippen LogP contribution is -2.24. The Bertz CT molecular complexity index is 403. The van der Waals surface area contributed by atoms with Crippen LogP contribution in [0.1, 0.15) is 30.1 Å². The predicted octanol–water partition coefficient (Wildman–Crippen LogP) is 3.17. The van der Waals surface area contributed by atoms with Crippen LogP contribution in [0, 0.1) is 0 Å². The van der Waals surface area contributed by atoms with E-state index in [2.05, 4.69) is 5.32 Å². The van der Waals surface area contributed by atoms with Crippen LogP contribution in [-0.2, 0) is 4.74 Å². The molecule has 2 rings (SSSR count). The van der Waals surface area contributed by atoms with E-state index in [0.29, 0.717) is 18.2 Å². The second kappa shape index (κ2) is 6.69. The van der Waals surface area contributed by atoms with Gasteiger partial charge in [-0.25, -0.2) is 4.79 Å². The zero-order valence-corrected chi connectivity index (χ0v) is 11.5. The molecular weight excluding hydrogens is 246 g/mol. The number of nitrogens with one attached hydrogen (secondary N) is 1. The molecule has 1 aromatic rings. The fraction of sp³-hybridized carbons (Fsp3) is 0.500. The Labute approximate surface area is 112 Å². The third kappa shape index (κ3) is 3.67. The molecular formula is C14H19NO2S. The Morgan fingerprint density at radius 3 is 2.94 bits per heavy atom. The third-order valence-electron chi connectivity index (χ3n) is 2.97. The minimum absolute atomic E-state index is 0.250. The molecule has 1 N–H and O–H groups in total. The number of anilines is 1. The zero-order chi connectivity index (χ0) is 12.8. The highest BCUT2D eigenvalue weighted by molar-refractivity contribution is 7.99. The molecule has 0 saturated carbocycles. The number of ether oxygens (including phenoxy) is 1. The number of thioether (sulfide) groups is 1. The first kappa shape index (κ1) is 13.3. The molecule has 1 saturated heterocycles. The summed E-state index contributed by atoms with van der Waals surface area (Å²) in [6, 6.07) is 8.10. The van der Waals surface area contributed by atoms with Gasteiger partial charge in [0.05, 0.1) is 12.2 Å². The maximum atomic E-state index is 11.6. The maximum Gasteiger partial charge on any atom is 0.338 e. The molecule has 3 nitrogen and oxygen atoms in total. The Morgan fingerprint density at radius 1 is 1.44 bits per heavy atom. The average molecular weight is 265 g/mol. The lowest BCUT2D eigenvalue weighted by molar-refractivity contribution is 0.0526. The van der Waals surface area contributed by atoms with Crippen molar-refractivity contribution < 1.29 is 9.53 Å². The van der Waals surface area contributed by atoms with Gasteiger partial charge < -0.3 is 10.1 Å². The van der Waals surface area contributed by atoms with Crippen molar-refractivity contribution in [3.05, 3.63) is 29.8 Å². The summed E-state index contributed by atoms with van der Waals surface area (Å²) in [7, 11) is 0. The molecule has 98 valence electrons. The normalized spacial score (nSPS) is 16.3. The van der Waals surface area contributed by atoms with Gasteiger partial charge >= 0.3 is 5.97 Å². The smallest absolute Gasteiger partial charge is 0.338 e. The number of hydrogen-bond donors (Lipinski definition) is 1. The number of benzene rings is 1. The minimum Gasteiger partial charge on any atom is -0.462 e. The second-order valence-electron chi connectivity index (χ2n) is 4.33. The highest BCUT2D eigenvalue weighted by Gasteiger charge is 2.14. The average Bonchev–Trinajstić information content (AvgIpc) is 2.40. The van der Waals surface area contributed by atoms with E-state index < -0.39 is 0 Å². The highest BCUT2D eigenvalue weighted by atomic mass is 32.2. The van der Waals surface area contributed by atoms with Gasteiger partial charge in [0.15, 0.2) is 0 Å². The summed E-state index contributed by atoms with van der Waals surface area (Å²) in [5.41, 5.74) is 1.63. The SMILES string of the molecule is CCOC(=O)c1cccc(NC2CCSCC2)c1. The van der Waals surface area contributed by atoms with E-state index in [4.69, 9.17) is 4.74 Å². The molecule has 0 aromatic heterocycles. The lowest BCUT2D eigenvalue weighted by Gasteiger charge is -2.23. The van der Waals surface area contributed by atoms with Crippen molar-refractivity contribution in [1.29, 1.82) is 0 Å². The van der Waals surface area contributed by atoms with Crippen molar-refractivity contribution in [1.82, 2.24) is 0 Å². The first-order chi connectivity index (χ1) is 8.79. The van der Waals surface area contributed by atoms with Crippen molar-refractivity contribution in [2.24, 2.45) is 0 Å². The molecule has 1 aliphatic rings. The van der Waals surface area contributed by atoms with E-state index in [1.165, 1.54) is 24.3 Å². The summed E-state index contributed by atoms with van der Waals surface area (Å²) < 4.78 is 5.00. The van der Waals surface area contributed by atoms with Crippen molar-refractivity contribution in [3.63, 3.8) is 0 Å². The summed E-state index contributed by atoms with van der Waals surface area (Å²) in [5.74, 6) is 2.19. The van der Waals surface area contributed by atoms with Gasteiger partial charge in [0.1, 0.15) is 0 Å². The number of rotatable bonds is 4. The molecule has 1 aliphatic heterocycles. The number of carbonyl (C=O) groups is 1. The van der Waals surface area contributed by atoms with Crippen LogP contribution in [0.2, 0.25) is 0 Å². The molecule has 0 unspecified atom stereocenters. The monoisotopic (exact) mass is 265 g/mol. The Kier molecular flexibility index (Phi) is 4.93. The van der Waals surface area contributed by atoms with Crippen LogP contribution in [0.25, 0.3) is 0 Å². The third-order valence-corrected chi connectivity index (χ3v) is 4.01. The summed E-state index contributed by atoms with van der Waals surface area (Å²) in [6.45, 7) is 2.23. The van der Waals surface area contributed by atoms with Crippen molar-refractivity contribution >= 4 is 23.4 Å². The van der Waals surface area contributed by atoms with Crippen molar-refractivity contribution in [3.8, 4) is 0 Å². The van der Waals surface area contributed by atoms with Crippen LogP contribution >= 0.6 is 11.8 Å². The number of esters is 1. The first-order valence-corrected chi connectivity index (χ1v) is 7.56. The predicted molar refractivity (Wildman–Crippen MR) is 76.4 cm³/mol. The number of carbonyl (C=O) groups excluding carboxylic acids is 1. The van der Waals surface area contributed by atoms with E-state index in [0.717, 1.165) is 5.69 Å². The molecule has 0 amide bonds. The summed E-state index contributed by atoms with van der Waals surface area (Å²) in [5, 5.41) is 3.50. The molecule has 1 heterocycles. The highest BCUT2D eigenvalue weighted by Crippen LogP contribution is 2.21. The van der Waals surface area contributed by atoms with E-state index in [-0.39, 0.29) is 5.97 Å². The largest absolute Gasteiger partial charge is 0.462 e.